The van der Waals surface area contributed by atoms with E-state index in [4.69, 9.17) is 0 Å². The monoisotopic (exact) mass is 429 g/mol. The van der Waals surface area contributed by atoms with Crippen molar-refractivity contribution in [3.63, 3.8) is 0 Å². The second-order valence-corrected chi connectivity index (χ2v) is 7.25. The molecular weight excluding hydrogens is 405 g/mol. The summed E-state index contributed by atoms with van der Waals surface area (Å²) in [6.45, 7) is 5.27. The van der Waals surface area contributed by atoms with E-state index in [1.165, 1.54) is 24.3 Å². The summed E-state index contributed by atoms with van der Waals surface area (Å²) in [5, 5.41) is 15.8. The van der Waals surface area contributed by atoms with E-state index in [1.807, 2.05) is 11.0 Å². The summed E-state index contributed by atoms with van der Waals surface area (Å²) >= 11 is 0. The van der Waals surface area contributed by atoms with Gasteiger partial charge < -0.3 is 15.5 Å². The number of halogens is 1. The molecule has 1 heterocycles. The van der Waals surface area contributed by atoms with E-state index in [9.17, 15) is 24.1 Å². The summed E-state index contributed by atoms with van der Waals surface area (Å²) in [6, 6.07) is 10.7. The highest BCUT2D eigenvalue weighted by Gasteiger charge is 2.20. The summed E-state index contributed by atoms with van der Waals surface area (Å²) in [5.74, 6) is -1.85. The molecule has 10 heteroatoms. The van der Waals surface area contributed by atoms with Crippen LogP contribution < -0.4 is 15.5 Å². The van der Waals surface area contributed by atoms with E-state index in [0.717, 1.165) is 13.1 Å². The third kappa shape index (κ3) is 5.76. The molecule has 0 unspecified atom stereocenters. The second-order valence-electron chi connectivity index (χ2n) is 7.25. The topological polar surface area (TPSA) is 108 Å². The van der Waals surface area contributed by atoms with E-state index in [2.05, 4.69) is 15.5 Å². The number of benzene rings is 2. The van der Waals surface area contributed by atoms with Gasteiger partial charge >= 0.3 is 11.8 Å². The van der Waals surface area contributed by atoms with Gasteiger partial charge in [-0.15, -0.1) is 0 Å². The maximum absolute atomic E-state index is 13.9. The smallest absolute Gasteiger partial charge is 0.313 e. The molecule has 2 N–H and O–H groups in total. The highest BCUT2D eigenvalue weighted by atomic mass is 19.1. The molecule has 0 bridgehead atoms. The number of para-hydroxylation sites is 1. The molecule has 0 spiro atoms. The molecule has 2 aromatic rings. The summed E-state index contributed by atoms with van der Waals surface area (Å²) in [7, 11) is 0. The molecule has 0 aromatic heterocycles. The Morgan fingerprint density at radius 3 is 2.45 bits per heavy atom. The van der Waals surface area contributed by atoms with Gasteiger partial charge in [-0.25, -0.2) is 4.39 Å². The standard InChI is InChI=1S/C21H24FN5O4/c1-15-14-16(27(30)31)6-7-18(15)24-21(29)20(28)23-8-9-25-10-12-26(13-11-25)19-5-3-2-4-17(19)22/h2-7,14H,8-13H2,1H3,(H,23,28)(H,24,29). The first kappa shape index (κ1) is 22.2. The predicted molar refractivity (Wildman–Crippen MR) is 115 cm³/mol. The molecule has 31 heavy (non-hydrogen) atoms. The minimum absolute atomic E-state index is 0.0879. The maximum atomic E-state index is 13.9. The van der Waals surface area contributed by atoms with Gasteiger partial charge in [0.2, 0.25) is 0 Å². The zero-order valence-corrected chi connectivity index (χ0v) is 17.1. The number of carbonyl (C=O) groups excluding carboxylic acids is 2. The molecule has 0 saturated carbocycles. The summed E-state index contributed by atoms with van der Waals surface area (Å²) < 4.78 is 13.9. The van der Waals surface area contributed by atoms with Crippen LogP contribution >= 0.6 is 0 Å². The van der Waals surface area contributed by atoms with Gasteiger partial charge in [0, 0.05) is 57.1 Å². The number of nitro benzene ring substituents is 1. The van der Waals surface area contributed by atoms with Gasteiger partial charge in [0.05, 0.1) is 10.6 Å². The van der Waals surface area contributed by atoms with Crippen LogP contribution in [0.1, 0.15) is 5.56 Å². The average molecular weight is 429 g/mol. The number of carbonyl (C=O) groups is 2. The Hall–Kier alpha value is -3.53. The van der Waals surface area contributed by atoms with Crippen molar-refractivity contribution in [2.24, 2.45) is 0 Å². The van der Waals surface area contributed by atoms with Crippen molar-refractivity contribution in [3.05, 3.63) is 64.0 Å². The van der Waals surface area contributed by atoms with Gasteiger partial charge in [-0.05, 0) is 30.7 Å². The van der Waals surface area contributed by atoms with Crippen molar-refractivity contribution >= 4 is 28.9 Å². The lowest BCUT2D eigenvalue weighted by molar-refractivity contribution is -0.384. The quantitative estimate of drug-likeness (QED) is 0.413. The Kier molecular flexibility index (Phi) is 7.14. The van der Waals surface area contributed by atoms with E-state index in [-0.39, 0.29) is 11.5 Å². The SMILES string of the molecule is Cc1cc([N+](=O)[O-])ccc1NC(=O)C(=O)NCCN1CCN(c2ccccc2F)CC1. The molecule has 1 aliphatic heterocycles. The van der Waals surface area contributed by atoms with Gasteiger partial charge in [-0.1, -0.05) is 12.1 Å². The number of aryl methyl sites for hydroxylation is 1. The first-order valence-corrected chi connectivity index (χ1v) is 9.91. The number of non-ortho nitro benzene ring substituents is 1. The second kappa shape index (κ2) is 9.98. The van der Waals surface area contributed by atoms with E-state index < -0.39 is 16.7 Å². The fourth-order valence-corrected chi connectivity index (χ4v) is 3.41. The zero-order valence-electron chi connectivity index (χ0n) is 17.1. The normalized spacial score (nSPS) is 14.2. The number of hydrogen-bond donors (Lipinski definition) is 2. The zero-order chi connectivity index (χ0) is 22.4. The summed E-state index contributed by atoms with van der Waals surface area (Å²) in [6.07, 6.45) is 0. The predicted octanol–water partition coefficient (Wildman–Crippen LogP) is 1.92. The lowest BCUT2D eigenvalue weighted by Crippen LogP contribution is -2.49. The first-order chi connectivity index (χ1) is 14.8. The molecule has 0 aliphatic carbocycles. The van der Waals surface area contributed by atoms with Gasteiger partial charge in [-0.2, -0.15) is 0 Å². The van der Waals surface area contributed by atoms with Crippen molar-refractivity contribution < 1.29 is 18.9 Å². The van der Waals surface area contributed by atoms with E-state index in [0.29, 0.717) is 43.1 Å². The number of piperazine rings is 1. The average Bonchev–Trinajstić information content (AvgIpc) is 2.75. The molecule has 0 atom stereocenters. The van der Waals surface area contributed by atoms with Crippen LogP contribution in [0.5, 0.6) is 0 Å². The lowest BCUT2D eigenvalue weighted by Gasteiger charge is -2.36. The number of nitrogens with zero attached hydrogens (tertiary/aromatic N) is 3. The molecule has 2 aromatic carbocycles. The molecule has 164 valence electrons. The minimum atomic E-state index is -0.832. The molecule has 1 saturated heterocycles. The highest BCUT2D eigenvalue weighted by Crippen LogP contribution is 2.21. The molecule has 1 fully saturated rings. The summed E-state index contributed by atoms with van der Waals surface area (Å²) in [4.78, 5) is 38.5. The number of hydrogen-bond acceptors (Lipinski definition) is 6. The number of nitro groups is 1. The van der Waals surface area contributed by atoms with Gasteiger partial charge in [0.1, 0.15) is 5.82 Å². The van der Waals surface area contributed by atoms with Crippen LogP contribution in [-0.4, -0.2) is 60.9 Å². The Morgan fingerprint density at radius 2 is 1.81 bits per heavy atom. The van der Waals surface area contributed by atoms with Crippen molar-refractivity contribution in [3.8, 4) is 0 Å². The van der Waals surface area contributed by atoms with Crippen LogP contribution in [0.2, 0.25) is 0 Å². The van der Waals surface area contributed by atoms with Gasteiger partial charge in [0.25, 0.3) is 5.69 Å². The van der Waals surface area contributed by atoms with Gasteiger partial charge in [-0.3, -0.25) is 24.6 Å². The molecule has 3 rings (SSSR count). The van der Waals surface area contributed by atoms with Crippen molar-refractivity contribution in [1.82, 2.24) is 10.2 Å². The van der Waals surface area contributed by atoms with Crippen molar-refractivity contribution in [2.75, 3.05) is 49.5 Å². The van der Waals surface area contributed by atoms with Crippen molar-refractivity contribution in [2.45, 2.75) is 6.92 Å². The van der Waals surface area contributed by atoms with E-state index >= 15 is 0 Å². The third-order valence-electron chi connectivity index (χ3n) is 5.15. The largest absolute Gasteiger partial charge is 0.367 e. The van der Waals surface area contributed by atoms with E-state index in [1.54, 1.807) is 19.1 Å². The number of amides is 2. The minimum Gasteiger partial charge on any atom is -0.367 e. The van der Waals surface area contributed by atoms with Crippen LogP contribution in [0.25, 0.3) is 0 Å². The number of nitrogens with one attached hydrogen (secondary N) is 2. The van der Waals surface area contributed by atoms with Crippen LogP contribution in [0, 0.1) is 22.9 Å². The Balaban J connectivity index is 1.41. The van der Waals surface area contributed by atoms with Crippen molar-refractivity contribution in [1.29, 1.82) is 0 Å². The Labute approximate surface area is 179 Å². The highest BCUT2D eigenvalue weighted by molar-refractivity contribution is 6.39. The maximum Gasteiger partial charge on any atom is 0.313 e. The molecule has 2 amide bonds. The lowest BCUT2D eigenvalue weighted by atomic mass is 10.2. The number of anilines is 2. The third-order valence-corrected chi connectivity index (χ3v) is 5.15. The fraction of sp³-hybridized carbons (Fsp3) is 0.333. The molecular formula is C21H24FN5O4. The van der Waals surface area contributed by atoms with Crippen LogP contribution in [-0.2, 0) is 9.59 Å². The molecule has 9 nitrogen and oxygen atoms in total. The van der Waals surface area contributed by atoms with Crippen LogP contribution in [0.15, 0.2) is 42.5 Å². The Bertz CT molecular complexity index is 976. The van der Waals surface area contributed by atoms with Gasteiger partial charge in [0.15, 0.2) is 0 Å². The van der Waals surface area contributed by atoms with Crippen LogP contribution in [0.4, 0.5) is 21.5 Å². The molecule has 0 radical (unpaired) electrons. The number of rotatable bonds is 6. The summed E-state index contributed by atoms with van der Waals surface area (Å²) in [5.41, 5.74) is 1.34. The fourth-order valence-electron chi connectivity index (χ4n) is 3.41. The van der Waals surface area contributed by atoms with Crippen LogP contribution in [0.3, 0.4) is 0 Å². The Morgan fingerprint density at radius 1 is 1.10 bits per heavy atom. The molecule has 1 aliphatic rings. The first-order valence-electron chi connectivity index (χ1n) is 9.91.